The molecule has 28 heavy (non-hydrogen) atoms. The molecule has 0 spiro atoms. The number of rotatable bonds is 18. The number of hydrogen-bond acceptors (Lipinski definition) is 3. The van der Waals surface area contributed by atoms with Crippen molar-refractivity contribution in [3.63, 3.8) is 0 Å². The summed E-state index contributed by atoms with van der Waals surface area (Å²) >= 11 is 6.31. The van der Waals surface area contributed by atoms with Crippen LogP contribution in [0.4, 0.5) is 0 Å². The Labute approximate surface area is 206 Å². The fourth-order valence-corrected chi connectivity index (χ4v) is 5.35. The zero-order valence-corrected chi connectivity index (χ0v) is 24.4. The van der Waals surface area contributed by atoms with E-state index in [0.717, 1.165) is 0 Å². The molecule has 0 rings (SSSR count). The molecule has 0 fully saturated rings. The summed E-state index contributed by atoms with van der Waals surface area (Å²) in [6, 6.07) is 0. The standard InChI is InChI=1S/3C8H18S.Rh/c3*1-3-5-7-9-8-6-4-2;/h3*3-8H2,1-2H3;/q;;;+2. The minimum absolute atomic E-state index is 0. The predicted molar refractivity (Wildman–Crippen MR) is 141 cm³/mol. The van der Waals surface area contributed by atoms with Gasteiger partial charge in [-0.15, -0.1) is 0 Å². The molecule has 0 unspecified atom stereocenters. The first-order valence-corrected chi connectivity index (χ1v) is 15.4. The van der Waals surface area contributed by atoms with Crippen molar-refractivity contribution in [1.29, 1.82) is 0 Å². The second-order valence-corrected chi connectivity index (χ2v) is 10.6. The molecule has 0 saturated heterocycles. The Hall–Kier alpha value is 1.67. The van der Waals surface area contributed by atoms with Gasteiger partial charge in [0, 0.05) is 0 Å². The van der Waals surface area contributed by atoms with E-state index in [1.807, 2.05) is 0 Å². The normalized spacial score (nSPS) is 9.64. The van der Waals surface area contributed by atoms with Gasteiger partial charge < -0.3 is 0 Å². The Balaban J connectivity index is -0.000000152. The number of hydrogen-bond donors (Lipinski definition) is 0. The summed E-state index contributed by atoms with van der Waals surface area (Å²) in [5.41, 5.74) is 0. The molecular formula is C24H54RhS3+2. The second-order valence-electron chi connectivity index (χ2n) is 6.96. The molecule has 0 bridgehead atoms. The van der Waals surface area contributed by atoms with Crippen molar-refractivity contribution < 1.29 is 19.5 Å². The van der Waals surface area contributed by atoms with E-state index in [4.69, 9.17) is 0 Å². The Kier molecular flexibility index (Phi) is 56.5. The molecule has 0 saturated carbocycles. The molecule has 0 atom stereocenters. The maximum absolute atomic E-state index is 2.25. The van der Waals surface area contributed by atoms with Crippen molar-refractivity contribution in [2.45, 2.75) is 119 Å². The molecule has 0 aliphatic heterocycles. The van der Waals surface area contributed by atoms with Gasteiger partial charge in [0.05, 0.1) is 0 Å². The molecule has 4 heteroatoms. The van der Waals surface area contributed by atoms with Gasteiger partial charge in [-0.25, -0.2) is 0 Å². The average Bonchev–Trinajstić information content (AvgIpc) is 2.69. The van der Waals surface area contributed by atoms with Crippen LogP contribution in [0.5, 0.6) is 0 Å². The molecule has 0 aliphatic rings. The summed E-state index contributed by atoms with van der Waals surface area (Å²) in [6.45, 7) is 13.5. The van der Waals surface area contributed by atoms with E-state index in [9.17, 15) is 0 Å². The molecule has 0 amide bonds. The smallest absolute Gasteiger partial charge is 0.162 e. The summed E-state index contributed by atoms with van der Waals surface area (Å²) in [7, 11) is 0. The van der Waals surface area contributed by atoms with Crippen LogP contribution in [0.15, 0.2) is 0 Å². The summed E-state index contributed by atoms with van der Waals surface area (Å²) < 4.78 is 0. The Bertz CT molecular complexity index is 153. The molecule has 0 aromatic rings. The Morgan fingerprint density at radius 3 is 0.571 bits per heavy atom. The van der Waals surface area contributed by atoms with Crippen molar-refractivity contribution in [3.05, 3.63) is 0 Å². The van der Waals surface area contributed by atoms with Crippen LogP contribution in [0, 0.1) is 0 Å². The Morgan fingerprint density at radius 1 is 0.321 bits per heavy atom. The van der Waals surface area contributed by atoms with Gasteiger partial charge in [0.25, 0.3) is 0 Å². The topological polar surface area (TPSA) is 0 Å². The van der Waals surface area contributed by atoms with Crippen LogP contribution in [0.2, 0.25) is 0 Å². The van der Waals surface area contributed by atoms with Gasteiger partial charge in [-0.3, -0.25) is 0 Å². The first-order valence-electron chi connectivity index (χ1n) is 12.0. The summed E-state index contributed by atoms with van der Waals surface area (Å²) in [4.78, 5) is 0. The molecule has 175 valence electrons. The second kappa shape index (κ2) is 42.7. The van der Waals surface area contributed by atoms with E-state index in [1.54, 1.807) is 0 Å². The van der Waals surface area contributed by atoms with Gasteiger partial charge in [0.15, 0.2) is 0 Å². The van der Waals surface area contributed by atoms with E-state index in [2.05, 4.69) is 76.8 Å². The van der Waals surface area contributed by atoms with Crippen LogP contribution in [-0.4, -0.2) is 34.5 Å². The van der Waals surface area contributed by atoms with Crippen LogP contribution in [-0.2, 0) is 19.5 Å². The monoisotopic (exact) mass is 541 g/mol. The molecule has 0 aromatic carbocycles. The zero-order valence-electron chi connectivity index (χ0n) is 20.3. The third-order valence-corrected chi connectivity index (χ3v) is 7.32. The summed E-state index contributed by atoms with van der Waals surface area (Å²) in [5.74, 6) is 8.23. The molecule has 1 radical (unpaired) electrons. The maximum atomic E-state index is 2.25. The molecule has 0 nitrogen and oxygen atoms in total. The molecule has 0 aromatic heterocycles. The van der Waals surface area contributed by atoms with Crippen LogP contribution in [0.25, 0.3) is 0 Å². The summed E-state index contributed by atoms with van der Waals surface area (Å²) in [5, 5.41) is 0. The first-order chi connectivity index (χ1) is 13.2. The Morgan fingerprint density at radius 2 is 0.464 bits per heavy atom. The maximum Gasteiger partial charge on any atom is 2.00 e. The molecular weight excluding hydrogens is 487 g/mol. The van der Waals surface area contributed by atoms with E-state index >= 15 is 0 Å². The third-order valence-electron chi connectivity index (χ3n) is 3.85. The SMILES string of the molecule is CCCCSCCCC.CCCCSCCCC.CCCCSCCCC.[Rh+2]. The number of unbranched alkanes of at least 4 members (excludes halogenated alkanes) is 6. The average molecular weight is 542 g/mol. The van der Waals surface area contributed by atoms with Gasteiger partial charge in [-0.2, -0.15) is 35.3 Å². The van der Waals surface area contributed by atoms with Crippen molar-refractivity contribution in [2.75, 3.05) is 34.5 Å². The first kappa shape index (κ1) is 37.0. The minimum Gasteiger partial charge on any atom is -0.162 e. The van der Waals surface area contributed by atoms with Gasteiger partial charge in [0.2, 0.25) is 0 Å². The molecule has 0 heterocycles. The predicted octanol–water partition coefficient (Wildman–Crippen LogP) is 9.96. The van der Waals surface area contributed by atoms with Crippen LogP contribution < -0.4 is 0 Å². The van der Waals surface area contributed by atoms with Gasteiger partial charge in [0.1, 0.15) is 0 Å². The van der Waals surface area contributed by atoms with E-state index in [1.165, 1.54) is 112 Å². The van der Waals surface area contributed by atoms with Gasteiger partial charge in [-0.1, -0.05) is 80.1 Å². The van der Waals surface area contributed by atoms with Crippen LogP contribution >= 0.6 is 35.3 Å². The van der Waals surface area contributed by atoms with Crippen molar-refractivity contribution in [3.8, 4) is 0 Å². The van der Waals surface area contributed by atoms with E-state index in [0.29, 0.717) is 0 Å². The third kappa shape index (κ3) is 50.9. The quantitative estimate of drug-likeness (QED) is 0.125. The fraction of sp³-hybridized carbons (Fsp3) is 1.00. The van der Waals surface area contributed by atoms with E-state index < -0.39 is 0 Å². The zero-order chi connectivity index (χ0) is 20.8. The molecule has 0 aliphatic carbocycles. The van der Waals surface area contributed by atoms with Crippen molar-refractivity contribution in [1.82, 2.24) is 0 Å². The summed E-state index contributed by atoms with van der Waals surface area (Å²) in [6.07, 6.45) is 16.5. The fourth-order valence-electron chi connectivity index (χ4n) is 1.78. The largest absolute Gasteiger partial charge is 2.00 e. The van der Waals surface area contributed by atoms with Gasteiger partial charge >= 0.3 is 19.5 Å². The van der Waals surface area contributed by atoms with Gasteiger partial charge in [-0.05, 0) is 73.0 Å². The van der Waals surface area contributed by atoms with E-state index in [-0.39, 0.29) is 19.5 Å². The number of thioether (sulfide) groups is 3. The van der Waals surface area contributed by atoms with Crippen LogP contribution in [0.3, 0.4) is 0 Å². The van der Waals surface area contributed by atoms with Crippen molar-refractivity contribution >= 4 is 35.3 Å². The van der Waals surface area contributed by atoms with Crippen LogP contribution in [0.1, 0.15) is 119 Å². The van der Waals surface area contributed by atoms with Crippen molar-refractivity contribution in [2.24, 2.45) is 0 Å². The minimum atomic E-state index is 0. The molecule has 0 N–H and O–H groups in total.